The molecule has 0 unspecified atom stereocenters. The third-order valence-corrected chi connectivity index (χ3v) is 5.59. The molecule has 3 aromatic carbocycles. The van der Waals surface area contributed by atoms with E-state index in [0.29, 0.717) is 16.2 Å². The van der Waals surface area contributed by atoms with Crippen LogP contribution >= 0.6 is 0 Å². The maximum atomic E-state index is 13.3. The molecular weight excluding hydrogens is 461 g/mol. The predicted molar refractivity (Wildman–Crippen MR) is 117 cm³/mol. The van der Waals surface area contributed by atoms with Crippen molar-refractivity contribution in [3.05, 3.63) is 54.1 Å². The van der Waals surface area contributed by atoms with Crippen molar-refractivity contribution in [2.75, 3.05) is 6.61 Å². The highest BCUT2D eigenvalue weighted by Crippen LogP contribution is 2.45. The van der Waals surface area contributed by atoms with Crippen LogP contribution in [-0.2, 0) is 24.4 Å². The molecular formula is C23H23F3O6S. The van der Waals surface area contributed by atoms with Gasteiger partial charge in [-0.2, -0.15) is 21.6 Å². The lowest BCUT2D eigenvalue weighted by atomic mass is 9.92. The van der Waals surface area contributed by atoms with Crippen LogP contribution in [0.2, 0.25) is 0 Å². The van der Waals surface area contributed by atoms with E-state index in [2.05, 4.69) is 0 Å². The van der Waals surface area contributed by atoms with E-state index in [1.54, 1.807) is 64.1 Å². The Morgan fingerprint density at radius 2 is 1.39 bits per heavy atom. The molecule has 0 aromatic heterocycles. The van der Waals surface area contributed by atoms with Gasteiger partial charge in [0.05, 0.1) is 12.2 Å². The number of hydrogen-bond acceptors (Lipinski definition) is 6. The van der Waals surface area contributed by atoms with Gasteiger partial charge in [-0.05, 0) is 43.9 Å². The highest BCUT2D eigenvalue weighted by atomic mass is 32.2. The number of halogens is 3. The lowest BCUT2D eigenvalue weighted by Crippen LogP contribution is -2.31. The van der Waals surface area contributed by atoms with Crippen LogP contribution in [0.1, 0.15) is 39.4 Å². The van der Waals surface area contributed by atoms with Crippen LogP contribution in [0.15, 0.2) is 48.5 Å². The van der Waals surface area contributed by atoms with E-state index >= 15 is 0 Å². The maximum Gasteiger partial charge on any atom is 0.534 e. The summed E-state index contributed by atoms with van der Waals surface area (Å²) in [4.78, 5) is 12.9. The van der Waals surface area contributed by atoms with Gasteiger partial charge in [-0.1, -0.05) is 48.5 Å². The average molecular weight is 484 g/mol. The van der Waals surface area contributed by atoms with E-state index < -0.39 is 39.1 Å². The van der Waals surface area contributed by atoms with E-state index in [1.165, 1.54) is 12.1 Å². The number of alkyl halides is 3. The minimum atomic E-state index is -6.06. The molecule has 1 atom stereocenters. The van der Waals surface area contributed by atoms with E-state index in [9.17, 15) is 26.4 Å². The second-order valence-corrected chi connectivity index (χ2v) is 9.72. The second kappa shape index (κ2) is 8.83. The molecule has 0 heterocycles. The lowest BCUT2D eigenvalue weighted by molar-refractivity contribution is -0.166. The molecule has 0 aliphatic carbocycles. The van der Waals surface area contributed by atoms with Crippen LogP contribution in [0.5, 0.6) is 5.75 Å². The molecule has 0 N–H and O–H groups in total. The first-order chi connectivity index (χ1) is 15.3. The summed E-state index contributed by atoms with van der Waals surface area (Å²) in [5, 5.41) is 1.39. The number of carbonyl (C=O) groups excluding carboxylic acids is 1. The Morgan fingerprint density at radius 1 is 0.909 bits per heavy atom. The standard InChI is InChI=1S/C23H23F3O6S/c1-5-30-21(27)20(31-22(2,3)4)18-16-12-8-6-10-14(16)15-11-7-9-13-17(15)19(18)32-33(28,29)23(24,25)26/h6-13,20H,5H2,1-4H3/t20-/m0/s1. The monoisotopic (exact) mass is 484 g/mol. The number of rotatable bonds is 6. The van der Waals surface area contributed by atoms with Crippen LogP contribution < -0.4 is 4.18 Å². The zero-order chi connectivity index (χ0) is 24.6. The Morgan fingerprint density at radius 3 is 1.88 bits per heavy atom. The number of carbonyl (C=O) groups is 1. The second-order valence-electron chi connectivity index (χ2n) is 8.18. The van der Waals surface area contributed by atoms with Gasteiger partial charge in [-0.25, -0.2) is 4.79 Å². The van der Waals surface area contributed by atoms with Crippen molar-refractivity contribution < 1.29 is 40.0 Å². The molecule has 0 aliphatic heterocycles. The van der Waals surface area contributed by atoms with Gasteiger partial charge in [0, 0.05) is 10.9 Å². The van der Waals surface area contributed by atoms with Crippen molar-refractivity contribution in [2.45, 2.75) is 44.9 Å². The average Bonchev–Trinajstić information content (AvgIpc) is 2.71. The van der Waals surface area contributed by atoms with Crippen LogP contribution in [0.4, 0.5) is 13.2 Å². The van der Waals surface area contributed by atoms with E-state index in [-0.39, 0.29) is 17.6 Å². The van der Waals surface area contributed by atoms with Gasteiger partial charge in [0.15, 0.2) is 11.9 Å². The van der Waals surface area contributed by atoms with Crippen molar-refractivity contribution in [2.24, 2.45) is 0 Å². The quantitative estimate of drug-likeness (QED) is 0.195. The molecule has 0 bridgehead atoms. The van der Waals surface area contributed by atoms with Gasteiger partial charge < -0.3 is 13.7 Å². The summed E-state index contributed by atoms with van der Waals surface area (Å²) < 4.78 is 79.7. The van der Waals surface area contributed by atoms with Crippen molar-refractivity contribution in [1.29, 1.82) is 0 Å². The van der Waals surface area contributed by atoms with E-state index in [0.717, 1.165) is 0 Å². The Labute approximate surface area is 189 Å². The highest BCUT2D eigenvalue weighted by molar-refractivity contribution is 7.88. The van der Waals surface area contributed by atoms with Crippen LogP contribution in [0, 0.1) is 0 Å². The van der Waals surface area contributed by atoms with Gasteiger partial charge in [0.2, 0.25) is 0 Å². The number of hydrogen-bond donors (Lipinski definition) is 0. The minimum Gasteiger partial charge on any atom is -0.464 e. The third-order valence-electron chi connectivity index (χ3n) is 4.63. The summed E-state index contributed by atoms with van der Waals surface area (Å²) in [6.45, 7) is 6.49. The number of fused-ring (bicyclic) bond motifs is 3. The first-order valence-electron chi connectivity index (χ1n) is 10.1. The van der Waals surface area contributed by atoms with E-state index in [4.69, 9.17) is 13.7 Å². The molecule has 0 saturated heterocycles. The zero-order valence-corrected chi connectivity index (χ0v) is 19.2. The first-order valence-corrected chi connectivity index (χ1v) is 11.5. The molecule has 0 saturated carbocycles. The van der Waals surface area contributed by atoms with Crippen LogP contribution in [0.3, 0.4) is 0 Å². The summed E-state index contributed by atoms with van der Waals surface area (Å²) in [7, 11) is -6.06. The first kappa shape index (κ1) is 24.8. The van der Waals surface area contributed by atoms with Crippen molar-refractivity contribution in [3.63, 3.8) is 0 Å². The molecule has 6 nitrogen and oxygen atoms in total. The highest BCUT2D eigenvalue weighted by Gasteiger charge is 2.49. The minimum absolute atomic E-state index is 0.0224. The number of ether oxygens (including phenoxy) is 2. The van der Waals surface area contributed by atoms with Gasteiger partial charge in [-0.3, -0.25) is 0 Å². The summed E-state index contributed by atoms with van der Waals surface area (Å²) in [5.74, 6) is -1.52. The molecule has 0 amide bonds. The Hall–Kier alpha value is -2.85. The molecule has 10 heteroatoms. The fourth-order valence-corrected chi connectivity index (χ4v) is 3.93. The molecule has 3 rings (SSSR count). The third kappa shape index (κ3) is 5.06. The maximum absolute atomic E-state index is 13.3. The smallest absolute Gasteiger partial charge is 0.464 e. The Kier molecular flexibility index (Phi) is 6.63. The van der Waals surface area contributed by atoms with Gasteiger partial charge in [0.25, 0.3) is 0 Å². The molecule has 33 heavy (non-hydrogen) atoms. The van der Waals surface area contributed by atoms with E-state index in [1.807, 2.05) is 0 Å². The van der Waals surface area contributed by atoms with Crippen LogP contribution in [-0.4, -0.2) is 32.1 Å². The van der Waals surface area contributed by atoms with Gasteiger partial charge in [0.1, 0.15) is 0 Å². The number of benzene rings is 3. The fraction of sp³-hybridized carbons (Fsp3) is 0.348. The topological polar surface area (TPSA) is 78.9 Å². The Balaban J connectivity index is 2.48. The molecule has 178 valence electrons. The molecule has 3 aromatic rings. The van der Waals surface area contributed by atoms with Gasteiger partial charge >= 0.3 is 21.6 Å². The number of esters is 1. The SMILES string of the molecule is CCOC(=O)[C@@H](OC(C)(C)C)c1c(OS(=O)(=O)C(F)(F)F)c2ccccc2c2ccccc12. The van der Waals surface area contributed by atoms with Crippen molar-refractivity contribution in [3.8, 4) is 5.75 Å². The van der Waals surface area contributed by atoms with Crippen molar-refractivity contribution in [1.82, 2.24) is 0 Å². The Bertz CT molecular complexity index is 1290. The summed E-state index contributed by atoms with van der Waals surface area (Å²) in [6.07, 6.45) is -1.56. The summed E-state index contributed by atoms with van der Waals surface area (Å²) >= 11 is 0. The normalized spacial score (nSPS) is 13.8. The molecule has 0 fully saturated rings. The summed E-state index contributed by atoms with van der Waals surface area (Å²) in [5.41, 5.74) is -6.78. The predicted octanol–water partition coefficient (Wildman–Crippen LogP) is 5.64. The lowest BCUT2D eigenvalue weighted by Gasteiger charge is -2.29. The summed E-state index contributed by atoms with van der Waals surface area (Å²) in [6, 6.07) is 12.8. The van der Waals surface area contributed by atoms with Gasteiger partial charge in [-0.15, -0.1) is 0 Å². The zero-order valence-electron chi connectivity index (χ0n) is 18.4. The molecule has 0 aliphatic rings. The van der Waals surface area contributed by atoms with Crippen LogP contribution in [0.25, 0.3) is 21.5 Å². The fourth-order valence-electron chi connectivity index (χ4n) is 3.44. The molecule has 0 radical (unpaired) electrons. The van der Waals surface area contributed by atoms with Crippen molar-refractivity contribution >= 4 is 37.6 Å². The largest absolute Gasteiger partial charge is 0.534 e. The molecule has 0 spiro atoms.